The molecule has 0 aliphatic carbocycles. The Hall–Kier alpha value is -1.74. The van der Waals surface area contributed by atoms with Crippen LogP contribution in [-0.4, -0.2) is 12.0 Å². The summed E-state index contributed by atoms with van der Waals surface area (Å²) in [6.45, 7) is 0. The van der Waals surface area contributed by atoms with Crippen molar-refractivity contribution in [3.05, 3.63) is 27.8 Å². The molecule has 0 atom stereocenters. The number of rotatable bonds is 2. The zero-order valence-corrected chi connectivity index (χ0v) is 8.12. The molecule has 0 saturated carbocycles. The molecule has 72 valence electrons. The summed E-state index contributed by atoms with van der Waals surface area (Å²) in [5, 5.41) is 19.2. The summed E-state index contributed by atoms with van der Waals surface area (Å²) in [6, 6.07) is 4.21. The van der Waals surface area contributed by atoms with Crippen LogP contribution in [-0.2, 0) is 0 Å². The topological polar surface area (TPSA) is 76.2 Å². The SMILES string of the molecule is COc1cc([N+](=O)[O-])c(C#N)cc1S. The van der Waals surface area contributed by atoms with Crippen molar-refractivity contribution in [1.29, 1.82) is 5.26 Å². The normalized spacial score (nSPS) is 9.21. The number of methoxy groups -OCH3 is 1. The first-order valence-electron chi connectivity index (χ1n) is 3.55. The van der Waals surface area contributed by atoms with Crippen molar-refractivity contribution in [2.75, 3.05) is 7.11 Å². The second-order valence-electron chi connectivity index (χ2n) is 2.41. The lowest BCUT2D eigenvalue weighted by Gasteiger charge is -2.03. The van der Waals surface area contributed by atoms with Crippen LogP contribution in [0.5, 0.6) is 5.75 Å². The van der Waals surface area contributed by atoms with Crippen molar-refractivity contribution in [2.24, 2.45) is 0 Å². The third kappa shape index (κ3) is 1.78. The summed E-state index contributed by atoms with van der Waals surface area (Å²) in [4.78, 5) is 10.3. The number of ether oxygens (including phenoxy) is 1. The van der Waals surface area contributed by atoms with Gasteiger partial charge in [0.25, 0.3) is 5.69 Å². The summed E-state index contributed by atoms with van der Waals surface area (Å²) in [5.41, 5.74) is -0.303. The zero-order chi connectivity index (χ0) is 10.7. The van der Waals surface area contributed by atoms with E-state index in [4.69, 9.17) is 10.00 Å². The van der Waals surface area contributed by atoms with E-state index in [1.807, 2.05) is 0 Å². The Morgan fingerprint density at radius 1 is 1.64 bits per heavy atom. The average Bonchev–Trinajstić information content (AvgIpc) is 2.16. The molecule has 0 spiro atoms. The summed E-state index contributed by atoms with van der Waals surface area (Å²) >= 11 is 4.02. The summed E-state index contributed by atoms with van der Waals surface area (Å²) in [7, 11) is 1.38. The van der Waals surface area contributed by atoms with E-state index >= 15 is 0 Å². The molecule has 0 heterocycles. The quantitative estimate of drug-likeness (QED) is 0.458. The molecular formula is C8H6N2O3S. The van der Waals surface area contributed by atoms with Gasteiger partial charge in [0.2, 0.25) is 0 Å². The minimum Gasteiger partial charge on any atom is -0.495 e. The fourth-order valence-electron chi connectivity index (χ4n) is 0.962. The molecule has 14 heavy (non-hydrogen) atoms. The number of benzene rings is 1. The first-order valence-corrected chi connectivity index (χ1v) is 4.00. The fourth-order valence-corrected chi connectivity index (χ4v) is 1.25. The average molecular weight is 210 g/mol. The monoisotopic (exact) mass is 210 g/mol. The second-order valence-corrected chi connectivity index (χ2v) is 2.89. The van der Waals surface area contributed by atoms with Crippen LogP contribution >= 0.6 is 12.6 Å². The van der Waals surface area contributed by atoms with Gasteiger partial charge in [-0.2, -0.15) is 5.26 Å². The standard InChI is InChI=1S/C8H6N2O3S/c1-13-7-3-6(10(11)12)5(4-9)2-8(7)14/h2-3,14H,1H3. The first kappa shape index (κ1) is 10.3. The molecule has 1 aromatic rings. The molecule has 5 nitrogen and oxygen atoms in total. The van der Waals surface area contributed by atoms with Crippen LogP contribution in [0.2, 0.25) is 0 Å². The van der Waals surface area contributed by atoms with Gasteiger partial charge >= 0.3 is 0 Å². The van der Waals surface area contributed by atoms with Crippen LogP contribution in [0.25, 0.3) is 0 Å². The smallest absolute Gasteiger partial charge is 0.290 e. The van der Waals surface area contributed by atoms with Crippen molar-refractivity contribution in [1.82, 2.24) is 0 Å². The van der Waals surface area contributed by atoms with Gasteiger partial charge in [0.1, 0.15) is 17.4 Å². The zero-order valence-electron chi connectivity index (χ0n) is 7.22. The molecule has 0 radical (unpaired) electrons. The predicted octanol–water partition coefficient (Wildman–Crippen LogP) is 1.76. The summed E-state index contributed by atoms with van der Waals surface area (Å²) in [5.74, 6) is 0.277. The van der Waals surface area contributed by atoms with E-state index in [1.165, 1.54) is 19.2 Å². The predicted molar refractivity (Wildman–Crippen MR) is 51.6 cm³/mol. The number of nitro benzene ring substituents is 1. The Labute approximate surface area is 85.5 Å². The molecule has 1 aromatic carbocycles. The lowest BCUT2D eigenvalue weighted by Crippen LogP contribution is -1.94. The molecule has 6 heteroatoms. The molecule has 0 aromatic heterocycles. The van der Waals surface area contributed by atoms with Crippen LogP contribution in [0, 0.1) is 21.4 Å². The van der Waals surface area contributed by atoms with Crippen molar-refractivity contribution < 1.29 is 9.66 Å². The van der Waals surface area contributed by atoms with Crippen LogP contribution in [0.3, 0.4) is 0 Å². The Morgan fingerprint density at radius 3 is 2.71 bits per heavy atom. The Balaban J connectivity index is 3.42. The summed E-state index contributed by atoms with van der Waals surface area (Å²) in [6.07, 6.45) is 0. The van der Waals surface area contributed by atoms with Gasteiger partial charge in [-0.15, -0.1) is 12.6 Å². The van der Waals surface area contributed by atoms with Crippen LogP contribution in [0.1, 0.15) is 5.56 Å². The highest BCUT2D eigenvalue weighted by Gasteiger charge is 2.17. The summed E-state index contributed by atoms with van der Waals surface area (Å²) < 4.78 is 4.85. The molecule has 0 saturated heterocycles. The van der Waals surface area contributed by atoms with Gasteiger partial charge in [-0.05, 0) is 6.07 Å². The maximum Gasteiger partial charge on any atom is 0.290 e. The van der Waals surface area contributed by atoms with Gasteiger partial charge in [-0.25, -0.2) is 0 Å². The highest BCUT2D eigenvalue weighted by molar-refractivity contribution is 7.80. The Morgan fingerprint density at radius 2 is 2.29 bits per heavy atom. The highest BCUT2D eigenvalue weighted by atomic mass is 32.1. The van der Waals surface area contributed by atoms with E-state index in [9.17, 15) is 10.1 Å². The Kier molecular flexibility index (Phi) is 2.94. The Bertz CT molecular complexity index is 425. The van der Waals surface area contributed by atoms with Crippen LogP contribution in [0.15, 0.2) is 17.0 Å². The molecule has 0 unspecified atom stereocenters. The molecule has 1 rings (SSSR count). The number of thiol groups is 1. The number of nitrogens with zero attached hydrogens (tertiary/aromatic N) is 2. The molecule has 0 bridgehead atoms. The van der Waals surface area contributed by atoms with Crippen LogP contribution in [0.4, 0.5) is 5.69 Å². The van der Waals surface area contributed by atoms with Crippen molar-refractivity contribution in [2.45, 2.75) is 4.90 Å². The van der Waals surface area contributed by atoms with E-state index in [0.29, 0.717) is 4.90 Å². The van der Waals surface area contributed by atoms with Crippen molar-refractivity contribution in [3.63, 3.8) is 0 Å². The van der Waals surface area contributed by atoms with Gasteiger partial charge in [0, 0.05) is 4.90 Å². The number of hydrogen-bond acceptors (Lipinski definition) is 5. The number of nitro groups is 1. The van der Waals surface area contributed by atoms with E-state index in [0.717, 1.165) is 0 Å². The highest BCUT2D eigenvalue weighted by Crippen LogP contribution is 2.30. The minimum absolute atomic E-state index is 0.0270. The lowest BCUT2D eigenvalue weighted by molar-refractivity contribution is -0.385. The third-order valence-corrected chi connectivity index (χ3v) is 1.96. The molecule has 0 fully saturated rings. The fraction of sp³-hybridized carbons (Fsp3) is 0.125. The van der Waals surface area contributed by atoms with E-state index in [1.54, 1.807) is 6.07 Å². The van der Waals surface area contributed by atoms with Gasteiger partial charge in [-0.3, -0.25) is 10.1 Å². The minimum atomic E-state index is -0.631. The lowest BCUT2D eigenvalue weighted by atomic mass is 10.2. The van der Waals surface area contributed by atoms with Gasteiger partial charge < -0.3 is 4.74 Å². The molecule has 0 aliphatic rings. The number of nitriles is 1. The van der Waals surface area contributed by atoms with E-state index in [2.05, 4.69) is 12.6 Å². The number of hydrogen-bond donors (Lipinski definition) is 1. The first-order chi connectivity index (χ1) is 6.60. The van der Waals surface area contributed by atoms with Crippen LogP contribution < -0.4 is 4.74 Å². The molecule has 0 aliphatic heterocycles. The van der Waals surface area contributed by atoms with E-state index < -0.39 is 4.92 Å². The van der Waals surface area contributed by atoms with Gasteiger partial charge in [0.05, 0.1) is 18.1 Å². The van der Waals surface area contributed by atoms with Crippen molar-refractivity contribution >= 4 is 18.3 Å². The third-order valence-electron chi connectivity index (χ3n) is 1.61. The van der Waals surface area contributed by atoms with Crippen molar-refractivity contribution in [3.8, 4) is 11.8 Å². The maximum absolute atomic E-state index is 10.5. The van der Waals surface area contributed by atoms with Gasteiger partial charge in [0.15, 0.2) is 0 Å². The van der Waals surface area contributed by atoms with E-state index in [-0.39, 0.29) is 17.0 Å². The largest absolute Gasteiger partial charge is 0.495 e. The second kappa shape index (κ2) is 3.98. The molecular weight excluding hydrogens is 204 g/mol. The maximum atomic E-state index is 10.5. The molecule has 0 N–H and O–H groups in total. The molecule has 0 amide bonds. The van der Waals surface area contributed by atoms with Gasteiger partial charge in [-0.1, -0.05) is 0 Å².